The molecule has 220 valence electrons. The van der Waals surface area contributed by atoms with Crippen molar-refractivity contribution in [1.29, 1.82) is 0 Å². The number of benzene rings is 5. The van der Waals surface area contributed by atoms with Crippen molar-refractivity contribution >= 4 is 32.8 Å². The molecule has 0 unspecified atom stereocenters. The topological polar surface area (TPSA) is 77.6 Å². The summed E-state index contributed by atoms with van der Waals surface area (Å²) in [6.45, 7) is 0. The molecule has 0 aliphatic rings. The fraction of sp³-hybridized carbons (Fsp3) is 0. The van der Waals surface area contributed by atoms with Crippen LogP contribution in [-0.2, 0) is 0 Å². The highest BCUT2D eigenvalue weighted by atomic mass is 16.3. The Morgan fingerprint density at radius 1 is 0.404 bits per heavy atom. The van der Waals surface area contributed by atoms with Crippen LogP contribution < -0.4 is 0 Å². The number of fused-ring (bicyclic) bond motifs is 4. The second-order valence-electron chi connectivity index (χ2n) is 11.4. The summed E-state index contributed by atoms with van der Waals surface area (Å²) in [7, 11) is 0. The van der Waals surface area contributed by atoms with Crippen LogP contribution in [0.4, 0.5) is 0 Å². The van der Waals surface area contributed by atoms with Gasteiger partial charge in [-0.05, 0) is 52.9 Å². The lowest BCUT2D eigenvalue weighted by Crippen LogP contribution is -2.00. The van der Waals surface area contributed by atoms with E-state index in [-0.39, 0.29) is 0 Å². The molecule has 0 spiro atoms. The Hall–Kier alpha value is -6.53. The highest BCUT2D eigenvalue weighted by molar-refractivity contribution is 6.03. The summed E-state index contributed by atoms with van der Waals surface area (Å²) in [5.41, 5.74) is 8.96. The maximum absolute atomic E-state index is 5.98. The number of rotatable bonds is 5. The van der Waals surface area contributed by atoms with Crippen molar-refractivity contribution in [3.8, 4) is 56.7 Å². The standard InChI is InChI=1S/C41H25N5O/c1-3-11-26(12-4-1)39-44-40(27-13-5-2-6-14-27)46-41(45-39)30-17-9-15-28(23-30)31-19-10-16-29-24-35(42-25-33(29)31)34-21-22-37-38(43-34)32-18-7-8-20-36(32)47-37/h1-25H. The van der Waals surface area contributed by atoms with E-state index in [9.17, 15) is 0 Å². The second kappa shape index (κ2) is 11.1. The van der Waals surface area contributed by atoms with Crippen molar-refractivity contribution in [3.63, 3.8) is 0 Å². The van der Waals surface area contributed by atoms with Crippen molar-refractivity contribution in [2.45, 2.75) is 0 Å². The molecule has 0 atom stereocenters. The van der Waals surface area contributed by atoms with Gasteiger partial charge >= 0.3 is 0 Å². The summed E-state index contributed by atoms with van der Waals surface area (Å²) < 4.78 is 5.98. The Morgan fingerprint density at radius 2 is 1.04 bits per heavy atom. The SMILES string of the molecule is c1ccc(-c2nc(-c3ccccc3)nc(-c3cccc(-c4cccc5cc(-c6ccc7oc8ccccc8c7n6)ncc45)c3)n2)cc1. The normalized spacial score (nSPS) is 11.4. The molecule has 0 saturated carbocycles. The van der Waals surface area contributed by atoms with Gasteiger partial charge in [0.1, 0.15) is 11.1 Å². The van der Waals surface area contributed by atoms with E-state index in [1.807, 2.05) is 115 Å². The first kappa shape index (κ1) is 26.8. The molecule has 6 nitrogen and oxygen atoms in total. The molecule has 9 rings (SSSR count). The van der Waals surface area contributed by atoms with Crippen LogP contribution in [-0.4, -0.2) is 24.9 Å². The highest BCUT2D eigenvalue weighted by Crippen LogP contribution is 2.34. The molecule has 0 N–H and O–H groups in total. The lowest BCUT2D eigenvalue weighted by Gasteiger charge is -2.11. The van der Waals surface area contributed by atoms with Gasteiger partial charge < -0.3 is 4.42 Å². The quantitative estimate of drug-likeness (QED) is 0.195. The number of pyridine rings is 2. The van der Waals surface area contributed by atoms with Crippen molar-refractivity contribution in [2.24, 2.45) is 0 Å². The molecule has 0 bridgehead atoms. The number of nitrogens with zero attached hydrogens (tertiary/aromatic N) is 5. The Kier molecular flexibility index (Phi) is 6.35. The smallest absolute Gasteiger partial charge is 0.164 e. The van der Waals surface area contributed by atoms with Crippen LogP contribution in [0.1, 0.15) is 0 Å². The van der Waals surface area contributed by atoms with Crippen LogP contribution >= 0.6 is 0 Å². The minimum Gasteiger partial charge on any atom is -0.454 e. The van der Waals surface area contributed by atoms with Crippen molar-refractivity contribution in [2.75, 3.05) is 0 Å². The number of furan rings is 1. The molecule has 9 aromatic rings. The summed E-state index contributed by atoms with van der Waals surface area (Å²) in [5.74, 6) is 1.89. The Labute approximate surface area is 270 Å². The maximum atomic E-state index is 5.98. The molecule has 0 saturated heterocycles. The Balaban J connectivity index is 1.12. The second-order valence-corrected chi connectivity index (χ2v) is 11.4. The molecular formula is C41H25N5O. The summed E-state index contributed by atoms with van der Waals surface area (Å²) in [5, 5.41) is 3.13. The molecule has 4 aromatic heterocycles. The predicted octanol–water partition coefficient (Wildman–Crippen LogP) is 10.0. The third-order valence-electron chi connectivity index (χ3n) is 8.38. The van der Waals surface area contributed by atoms with Gasteiger partial charge in [-0.3, -0.25) is 4.98 Å². The zero-order chi connectivity index (χ0) is 31.2. The lowest BCUT2D eigenvalue weighted by molar-refractivity contribution is 0.668. The Bertz CT molecular complexity index is 2520. The van der Waals surface area contributed by atoms with Crippen molar-refractivity contribution < 1.29 is 4.42 Å². The number of hydrogen-bond donors (Lipinski definition) is 0. The summed E-state index contributed by atoms with van der Waals surface area (Å²) in [6.07, 6.45) is 1.94. The van der Waals surface area contributed by atoms with Crippen LogP contribution in [0.2, 0.25) is 0 Å². The van der Waals surface area contributed by atoms with Crippen LogP contribution in [0.5, 0.6) is 0 Å². The summed E-state index contributed by atoms with van der Waals surface area (Å²) in [6, 6.07) is 48.7. The van der Waals surface area contributed by atoms with Gasteiger partial charge in [-0.2, -0.15) is 0 Å². The minimum absolute atomic E-state index is 0.619. The van der Waals surface area contributed by atoms with E-state index >= 15 is 0 Å². The molecule has 0 aliphatic carbocycles. The van der Waals surface area contributed by atoms with Gasteiger partial charge in [-0.15, -0.1) is 0 Å². The molecule has 0 fully saturated rings. The molecule has 47 heavy (non-hydrogen) atoms. The monoisotopic (exact) mass is 603 g/mol. The molecule has 0 aliphatic heterocycles. The van der Waals surface area contributed by atoms with Gasteiger partial charge in [-0.25, -0.2) is 19.9 Å². The number of hydrogen-bond acceptors (Lipinski definition) is 6. The van der Waals surface area contributed by atoms with Gasteiger partial charge in [0.05, 0.1) is 11.4 Å². The van der Waals surface area contributed by atoms with Gasteiger partial charge in [-0.1, -0.05) is 109 Å². The van der Waals surface area contributed by atoms with Gasteiger partial charge in [0.15, 0.2) is 23.1 Å². The van der Waals surface area contributed by atoms with E-state index in [2.05, 4.69) is 36.4 Å². The fourth-order valence-corrected chi connectivity index (χ4v) is 6.06. The molecule has 4 heterocycles. The van der Waals surface area contributed by atoms with Crippen LogP contribution in [0.15, 0.2) is 156 Å². The average molecular weight is 604 g/mol. The summed E-state index contributed by atoms with van der Waals surface area (Å²) in [4.78, 5) is 24.5. The summed E-state index contributed by atoms with van der Waals surface area (Å²) >= 11 is 0. The molecular weight excluding hydrogens is 578 g/mol. The zero-order valence-corrected chi connectivity index (χ0v) is 25.1. The van der Waals surface area contributed by atoms with E-state index in [0.717, 1.165) is 72.0 Å². The van der Waals surface area contributed by atoms with E-state index in [1.54, 1.807) is 0 Å². The third kappa shape index (κ3) is 4.89. The first-order chi connectivity index (χ1) is 23.3. The third-order valence-corrected chi connectivity index (χ3v) is 8.38. The highest BCUT2D eigenvalue weighted by Gasteiger charge is 2.15. The molecule has 0 amide bonds. The number of aromatic nitrogens is 5. The van der Waals surface area contributed by atoms with E-state index in [4.69, 9.17) is 29.3 Å². The van der Waals surface area contributed by atoms with E-state index < -0.39 is 0 Å². The molecule has 6 heteroatoms. The van der Waals surface area contributed by atoms with Crippen molar-refractivity contribution in [3.05, 3.63) is 152 Å². The average Bonchev–Trinajstić information content (AvgIpc) is 3.53. The fourth-order valence-electron chi connectivity index (χ4n) is 6.06. The minimum atomic E-state index is 0.619. The predicted molar refractivity (Wildman–Crippen MR) is 187 cm³/mol. The van der Waals surface area contributed by atoms with E-state index in [1.165, 1.54) is 0 Å². The zero-order valence-electron chi connectivity index (χ0n) is 25.1. The van der Waals surface area contributed by atoms with Crippen LogP contribution in [0, 0.1) is 0 Å². The number of para-hydroxylation sites is 1. The molecule has 5 aromatic carbocycles. The van der Waals surface area contributed by atoms with Crippen molar-refractivity contribution in [1.82, 2.24) is 24.9 Å². The van der Waals surface area contributed by atoms with Gasteiger partial charge in [0, 0.05) is 33.7 Å². The van der Waals surface area contributed by atoms with Crippen LogP contribution in [0.3, 0.4) is 0 Å². The first-order valence-corrected chi connectivity index (χ1v) is 15.4. The maximum Gasteiger partial charge on any atom is 0.164 e. The lowest BCUT2D eigenvalue weighted by atomic mass is 9.97. The largest absolute Gasteiger partial charge is 0.454 e. The molecule has 0 radical (unpaired) electrons. The van der Waals surface area contributed by atoms with E-state index in [0.29, 0.717) is 17.5 Å². The Morgan fingerprint density at radius 3 is 1.81 bits per heavy atom. The van der Waals surface area contributed by atoms with Gasteiger partial charge in [0.25, 0.3) is 0 Å². The first-order valence-electron chi connectivity index (χ1n) is 15.4. The van der Waals surface area contributed by atoms with Gasteiger partial charge in [0.2, 0.25) is 0 Å². The van der Waals surface area contributed by atoms with Crippen LogP contribution in [0.25, 0.3) is 89.5 Å².